The lowest BCUT2D eigenvalue weighted by Crippen LogP contribution is -2.25. The molecule has 1 aliphatic carbocycles. The van der Waals surface area contributed by atoms with E-state index in [-0.39, 0.29) is 0 Å². The SMILES string of the molecule is Nc1cccn2c(CNC3CCCC3)cnc12. The van der Waals surface area contributed by atoms with Gasteiger partial charge in [-0.15, -0.1) is 0 Å². The minimum atomic E-state index is 0.682. The van der Waals surface area contributed by atoms with E-state index in [0.717, 1.165) is 17.9 Å². The molecule has 0 radical (unpaired) electrons. The van der Waals surface area contributed by atoms with Crippen molar-refractivity contribution < 1.29 is 0 Å². The van der Waals surface area contributed by atoms with Crippen LogP contribution < -0.4 is 11.1 Å². The third-order valence-electron chi connectivity index (χ3n) is 3.57. The van der Waals surface area contributed by atoms with Crippen molar-refractivity contribution in [2.75, 3.05) is 5.73 Å². The molecule has 1 saturated carbocycles. The number of anilines is 1. The number of fused-ring (bicyclic) bond motifs is 1. The second-order valence-corrected chi connectivity index (χ2v) is 4.77. The molecular weight excluding hydrogens is 212 g/mol. The van der Waals surface area contributed by atoms with Crippen molar-refractivity contribution in [3.8, 4) is 0 Å². The molecule has 0 atom stereocenters. The minimum absolute atomic E-state index is 0.682. The molecule has 17 heavy (non-hydrogen) atoms. The number of nitrogens with two attached hydrogens (primary N) is 1. The number of nitrogen functional groups attached to an aromatic ring is 1. The van der Waals surface area contributed by atoms with Crippen molar-refractivity contribution in [3.63, 3.8) is 0 Å². The topological polar surface area (TPSA) is 55.4 Å². The molecule has 2 aromatic rings. The quantitative estimate of drug-likeness (QED) is 0.847. The van der Waals surface area contributed by atoms with Crippen LogP contribution in [0.25, 0.3) is 5.65 Å². The zero-order valence-electron chi connectivity index (χ0n) is 9.89. The van der Waals surface area contributed by atoms with E-state index >= 15 is 0 Å². The highest BCUT2D eigenvalue weighted by Gasteiger charge is 2.14. The number of imidazole rings is 1. The second-order valence-electron chi connectivity index (χ2n) is 4.77. The molecule has 4 heteroatoms. The first-order valence-electron chi connectivity index (χ1n) is 6.28. The maximum atomic E-state index is 5.88. The van der Waals surface area contributed by atoms with Crippen LogP contribution in [-0.4, -0.2) is 15.4 Å². The molecule has 2 aromatic heterocycles. The fraction of sp³-hybridized carbons (Fsp3) is 0.462. The zero-order valence-corrected chi connectivity index (χ0v) is 9.89. The Kier molecular flexibility index (Phi) is 2.73. The summed E-state index contributed by atoms with van der Waals surface area (Å²) in [5.41, 5.74) is 8.66. The lowest BCUT2D eigenvalue weighted by Gasteiger charge is -2.11. The van der Waals surface area contributed by atoms with Crippen molar-refractivity contribution in [3.05, 3.63) is 30.2 Å². The van der Waals surface area contributed by atoms with Gasteiger partial charge < -0.3 is 15.5 Å². The maximum absolute atomic E-state index is 5.88. The molecular formula is C13H18N4. The summed E-state index contributed by atoms with van der Waals surface area (Å²) in [5, 5.41) is 3.59. The van der Waals surface area contributed by atoms with Gasteiger partial charge in [-0.3, -0.25) is 0 Å². The van der Waals surface area contributed by atoms with Crippen LogP contribution in [0, 0.1) is 0 Å². The Morgan fingerprint density at radius 2 is 2.24 bits per heavy atom. The molecule has 0 aromatic carbocycles. The van der Waals surface area contributed by atoms with E-state index in [9.17, 15) is 0 Å². The number of aromatic nitrogens is 2. The van der Waals surface area contributed by atoms with Gasteiger partial charge in [-0.1, -0.05) is 12.8 Å². The molecule has 3 N–H and O–H groups in total. The van der Waals surface area contributed by atoms with Gasteiger partial charge in [0.15, 0.2) is 5.65 Å². The van der Waals surface area contributed by atoms with Gasteiger partial charge in [0, 0.05) is 18.8 Å². The van der Waals surface area contributed by atoms with E-state index < -0.39 is 0 Å². The predicted octanol–water partition coefficient (Wildman–Crippen LogP) is 1.95. The number of pyridine rings is 1. The maximum Gasteiger partial charge on any atom is 0.160 e. The molecule has 90 valence electrons. The first kappa shape index (κ1) is 10.6. The number of hydrogen-bond acceptors (Lipinski definition) is 3. The largest absolute Gasteiger partial charge is 0.396 e. The van der Waals surface area contributed by atoms with Gasteiger partial charge in [0.1, 0.15) is 0 Å². The molecule has 0 amide bonds. The molecule has 3 rings (SSSR count). The summed E-state index contributed by atoms with van der Waals surface area (Å²) >= 11 is 0. The van der Waals surface area contributed by atoms with Crippen LogP contribution in [-0.2, 0) is 6.54 Å². The smallest absolute Gasteiger partial charge is 0.160 e. The lowest BCUT2D eigenvalue weighted by atomic mass is 10.2. The highest BCUT2D eigenvalue weighted by Crippen LogP contribution is 2.19. The number of nitrogens with zero attached hydrogens (tertiary/aromatic N) is 2. The Balaban J connectivity index is 1.78. The number of rotatable bonds is 3. The first-order chi connectivity index (χ1) is 8.34. The molecule has 0 spiro atoms. The summed E-state index contributed by atoms with van der Waals surface area (Å²) in [6, 6.07) is 4.53. The molecule has 2 heterocycles. The van der Waals surface area contributed by atoms with Crippen LogP contribution in [0.2, 0.25) is 0 Å². The van der Waals surface area contributed by atoms with E-state index in [1.165, 1.54) is 31.4 Å². The second kappa shape index (κ2) is 4.37. The fourth-order valence-electron chi connectivity index (χ4n) is 2.59. The Morgan fingerprint density at radius 3 is 3.06 bits per heavy atom. The van der Waals surface area contributed by atoms with Crippen molar-refractivity contribution in [1.82, 2.24) is 14.7 Å². The van der Waals surface area contributed by atoms with Crippen LogP contribution in [0.1, 0.15) is 31.4 Å². The van der Waals surface area contributed by atoms with E-state index in [1.54, 1.807) is 0 Å². The van der Waals surface area contributed by atoms with Gasteiger partial charge in [-0.05, 0) is 25.0 Å². The highest BCUT2D eigenvalue weighted by atomic mass is 15.0. The van der Waals surface area contributed by atoms with Crippen LogP contribution >= 0.6 is 0 Å². The zero-order chi connectivity index (χ0) is 11.7. The van der Waals surface area contributed by atoms with E-state index in [4.69, 9.17) is 5.73 Å². The van der Waals surface area contributed by atoms with E-state index in [1.807, 2.05) is 24.5 Å². The molecule has 0 bridgehead atoms. The molecule has 0 saturated heterocycles. The molecule has 1 aliphatic rings. The van der Waals surface area contributed by atoms with Gasteiger partial charge in [-0.2, -0.15) is 0 Å². The third kappa shape index (κ3) is 2.00. The van der Waals surface area contributed by atoms with Gasteiger partial charge in [0.2, 0.25) is 0 Å². The summed E-state index contributed by atoms with van der Waals surface area (Å²) in [5.74, 6) is 0. The summed E-state index contributed by atoms with van der Waals surface area (Å²) in [4.78, 5) is 4.36. The van der Waals surface area contributed by atoms with Crippen LogP contribution in [0.3, 0.4) is 0 Å². The molecule has 4 nitrogen and oxygen atoms in total. The number of nitrogens with one attached hydrogen (secondary N) is 1. The predicted molar refractivity (Wildman–Crippen MR) is 68.7 cm³/mol. The normalized spacial score (nSPS) is 16.9. The summed E-state index contributed by atoms with van der Waals surface area (Å²) in [6.45, 7) is 0.870. The van der Waals surface area contributed by atoms with Gasteiger partial charge >= 0.3 is 0 Å². The number of hydrogen-bond donors (Lipinski definition) is 2. The van der Waals surface area contributed by atoms with E-state index in [0.29, 0.717) is 6.04 Å². The minimum Gasteiger partial charge on any atom is -0.396 e. The van der Waals surface area contributed by atoms with Crippen LogP contribution in [0.15, 0.2) is 24.5 Å². The van der Waals surface area contributed by atoms with Gasteiger partial charge in [0.05, 0.1) is 17.6 Å². The Morgan fingerprint density at radius 1 is 1.41 bits per heavy atom. The summed E-state index contributed by atoms with van der Waals surface area (Å²) < 4.78 is 2.07. The molecule has 0 aliphatic heterocycles. The Labute approximate surface area is 101 Å². The van der Waals surface area contributed by atoms with Crippen LogP contribution in [0.4, 0.5) is 5.69 Å². The van der Waals surface area contributed by atoms with Crippen molar-refractivity contribution in [1.29, 1.82) is 0 Å². The van der Waals surface area contributed by atoms with Crippen LogP contribution in [0.5, 0.6) is 0 Å². The molecule has 1 fully saturated rings. The Bertz CT molecular complexity index is 511. The lowest BCUT2D eigenvalue weighted by molar-refractivity contribution is 0.518. The van der Waals surface area contributed by atoms with Gasteiger partial charge in [-0.25, -0.2) is 4.98 Å². The van der Waals surface area contributed by atoms with Crippen molar-refractivity contribution in [2.24, 2.45) is 0 Å². The first-order valence-corrected chi connectivity index (χ1v) is 6.28. The van der Waals surface area contributed by atoms with Crippen molar-refractivity contribution >= 4 is 11.3 Å². The highest BCUT2D eigenvalue weighted by molar-refractivity contribution is 5.64. The van der Waals surface area contributed by atoms with E-state index in [2.05, 4.69) is 14.7 Å². The fourth-order valence-corrected chi connectivity index (χ4v) is 2.59. The summed E-state index contributed by atoms with van der Waals surface area (Å²) in [6.07, 6.45) is 9.26. The van der Waals surface area contributed by atoms with Gasteiger partial charge in [0.25, 0.3) is 0 Å². The molecule has 0 unspecified atom stereocenters. The van der Waals surface area contributed by atoms with Crippen molar-refractivity contribution in [2.45, 2.75) is 38.3 Å². The standard InChI is InChI=1S/C13H18N4/c14-12-6-3-7-17-11(9-16-13(12)17)8-15-10-4-1-2-5-10/h3,6-7,9-10,15H,1-2,4-5,8,14H2. The average molecular weight is 230 g/mol. The average Bonchev–Trinajstić information content (AvgIpc) is 2.95. The monoisotopic (exact) mass is 230 g/mol. The Hall–Kier alpha value is -1.55. The third-order valence-corrected chi connectivity index (χ3v) is 3.57. The summed E-state index contributed by atoms with van der Waals surface area (Å²) in [7, 11) is 0.